The van der Waals surface area contributed by atoms with Crippen molar-refractivity contribution < 1.29 is 42.7 Å². The Labute approximate surface area is 406 Å². The Morgan fingerprint density at radius 1 is 0.492 bits per heavy atom. The molecular weight excluding hydrogens is 1020 g/mol. The summed E-state index contributed by atoms with van der Waals surface area (Å²) >= 11 is 14.1. The predicted octanol–water partition coefficient (Wildman–Crippen LogP) is 10.6. The van der Waals surface area contributed by atoms with E-state index in [1.807, 2.05) is 97.1 Å². The number of hydrogen-bond acceptors (Lipinski definition) is 15. The van der Waals surface area contributed by atoms with Crippen LogP contribution >= 0.6 is 79.4 Å². The van der Waals surface area contributed by atoms with Crippen LogP contribution in [0.5, 0.6) is 0 Å². The molecule has 10 nitrogen and oxygen atoms in total. The zero-order valence-corrected chi connectivity index (χ0v) is 42.4. The van der Waals surface area contributed by atoms with E-state index in [-0.39, 0.29) is 36.2 Å². The molecule has 1 N–H and O–H groups in total. The lowest BCUT2D eigenvalue weighted by molar-refractivity contribution is 0.396. The first-order valence-corrected chi connectivity index (χ1v) is 29.2. The van der Waals surface area contributed by atoms with Crippen LogP contribution in [-0.4, -0.2) is 44.0 Å². The molecule has 20 heteroatoms. The van der Waals surface area contributed by atoms with E-state index < -0.39 is 43.2 Å². The number of hydrogen-bond donors (Lipinski definition) is 3. The monoisotopic (exact) mass is 1060 g/mol. The van der Waals surface area contributed by atoms with Gasteiger partial charge in [-0.1, -0.05) is 59.2 Å². The molecule has 0 aliphatic rings. The molecular formula is C45H37O10PS9. The zero-order valence-electron chi connectivity index (χ0n) is 34.0. The van der Waals surface area contributed by atoms with Gasteiger partial charge in [-0.25, -0.2) is 0 Å². The topological polar surface area (TPSA) is 158 Å². The molecule has 0 fully saturated rings. The number of benzene rings is 7. The summed E-state index contributed by atoms with van der Waals surface area (Å²) < 4.78 is 114. The minimum absolute atomic E-state index is 0.0239. The van der Waals surface area contributed by atoms with Crippen LogP contribution in [0.25, 0.3) is 0 Å². The summed E-state index contributed by atoms with van der Waals surface area (Å²) in [5, 5.41) is -0.0207. The molecule has 0 heterocycles. The van der Waals surface area contributed by atoms with Crippen LogP contribution in [-0.2, 0) is 49.0 Å². The van der Waals surface area contributed by atoms with Gasteiger partial charge in [-0.05, 0) is 151 Å². The van der Waals surface area contributed by atoms with Crippen molar-refractivity contribution in [1.29, 1.82) is 0 Å². The first-order valence-electron chi connectivity index (χ1n) is 18.9. The molecule has 0 aliphatic carbocycles. The average Bonchev–Trinajstić information content (AvgIpc) is 3.29. The number of rotatable bonds is 17. The van der Waals surface area contributed by atoms with Gasteiger partial charge in [0.15, 0.2) is 7.14 Å². The van der Waals surface area contributed by atoms with E-state index in [0.29, 0.717) is 9.79 Å². The van der Waals surface area contributed by atoms with Crippen molar-refractivity contribution in [2.75, 3.05) is 14.2 Å². The molecule has 336 valence electrons. The van der Waals surface area contributed by atoms with Crippen LogP contribution in [0.1, 0.15) is 5.56 Å². The Kier molecular flexibility index (Phi) is 15.9. The van der Waals surface area contributed by atoms with Gasteiger partial charge in [0.1, 0.15) is 10.6 Å². The van der Waals surface area contributed by atoms with E-state index in [1.54, 1.807) is 29.6 Å². The van der Waals surface area contributed by atoms with Crippen molar-refractivity contribution in [3.63, 3.8) is 0 Å². The molecule has 0 saturated heterocycles. The average molecular weight is 1060 g/mol. The third-order valence-corrected chi connectivity index (χ3v) is 20.7. The van der Waals surface area contributed by atoms with Crippen molar-refractivity contribution in [3.05, 3.63) is 163 Å². The fourth-order valence-corrected chi connectivity index (χ4v) is 15.5. The van der Waals surface area contributed by atoms with Gasteiger partial charge in [0.25, 0.3) is 30.4 Å². The summed E-state index contributed by atoms with van der Waals surface area (Å²) in [6.45, 7) is 0. The first kappa shape index (κ1) is 49.5. The highest BCUT2D eigenvalue weighted by Crippen LogP contribution is 2.46. The van der Waals surface area contributed by atoms with Crippen LogP contribution in [0.15, 0.2) is 216 Å². The Balaban J connectivity index is 1.30. The molecule has 0 saturated carbocycles. The van der Waals surface area contributed by atoms with Gasteiger partial charge in [0.05, 0.1) is 19.1 Å². The second kappa shape index (κ2) is 20.9. The lowest BCUT2D eigenvalue weighted by Crippen LogP contribution is -2.27. The smallest absolute Gasteiger partial charge is 0.297 e. The molecule has 7 aromatic rings. The third-order valence-electron chi connectivity index (χ3n) is 9.46. The van der Waals surface area contributed by atoms with Crippen LogP contribution in [0, 0.1) is 0 Å². The maximum Gasteiger partial charge on any atom is 0.297 e. The molecule has 1 unspecified atom stereocenters. The van der Waals surface area contributed by atoms with Crippen LogP contribution in [0.3, 0.4) is 0 Å². The van der Waals surface area contributed by atoms with Crippen LogP contribution in [0.2, 0.25) is 0 Å². The van der Waals surface area contributed by atoms with Crippen molar-refractivity contribution in [3.8, 4) is 0 Å². The highest BCUT2D eigenvalue weighted by Gasteiger charge is 2.34. The van der Waals surface area contributed by atoms with Crippen molar-refractivity contribution >= 4 is 126 Å². The molecule has 1 atom stereocenters. The first-order chi connectivity index (χ1) is 30.8. The summed E-state index contributed by atoms with van der Waals surface area (Å²) in [6.07, 6.45) is 0. The Morgan fingerprint density at radius 2 is 0.892 bits per heavy atom. The summed E-state index contributed by atoms with van der Waals surface area (Å²) in [5.41, 5.74) is 0.0958. The Bertz CT molecular complexity index is 3240. The van der Waals surface area contributed by atoms with Crippen molar-refractivity contribution in [2.24, 2.45) is 0 Å². The molecule has 0 aliphatic heterocycles. The third kappa shape index (κ3) is 12.4. The molecule has 7 aromatic carbocycles. The van der Waals surface area contributed by atoms with E-state index in [9.17, 15) is 29.8 Å². The minimum Gasteiger partial charge on any atom is -0.309 e. The quantitative estimate of drug-likeness (QED) is 0.0342. The van der Waals surface area contributed by atoms with Gasteiger partial charge in [0.2, 0.25) is 0 Å². The fraction of sp³-hybridized carbons (Fsp3) is 0.0667. The fourth-order valence-electron chi connectivity index (χ4n) is 6.32. The minimum atomic E-state index is -4.65. The van der Waals surface area contributed by atoms with Gasteiger partial charge in [-0.15, -0.1) is 25.3 Å². The maximum absolute atomic E-state index is 16.1. The summed E-state index contributed by atoms with van der Waals surface area (Å²) in [7, 11) is -15.8. The maximum atomic E-state index is 16.1. The molecule has 0 aromatic heterocycles. The van der Waals surface area contributed by atoms with Crippen LogP contribution < -0.4 is 15.9 Å². The largest absolute Gasteiger partial charge is 0.309 e. The van der Waals surface area contributed by atoms with Gasteiger partial charge in [-0.2, -0.15) is 25.3 Å². The van der Waals surface area contributed by atoms with E-state index in [2.05, 4.69) is 25.3 Å². The van der Waals surface area contributed by atoms with Gasteiger partial charge >= 0.3 is 0 Å². The standard InChI is InChI=1S/C45H37O10PS9/c1-54-64(50,51)42-5-3-4-31(27-42)56(46,32-6-24-43(30(26-32)29-63(47,48)49)61-40-20-16-38(17-21-40)59-36-12-8-34(57)9-13-36)33-7-25-44(45(28-33)65(52,53)55-2)62-41-22-18-39(19-23-41)60-37-14-10-35(58)11-15-37/h3-28,57-58H,29H2,1-2H3,(H,47,48,49). The molecule has 0 bridgehead atoms. The van der Waals surface area contributed by atoms with Crippen molar-refractivity contribution in [1.82, 2.24) is 0 Å². The van der Waals surface area contributed by atoms with Gasteiger partial charge in [-0.3, -0.25) is 12.9 Å². The SMILES string of the molecule is COS(=O)(=O)c1cccc(P(=O)(c2ccc(Sc3ccc(Sc4ccc(S)cc4)cc3)c(CS(=O)(=O)O)c2)c2ccc(Sc3ccc(Sc4ccc(S)cc4)cc3)c(S(=O)(=O)OC)c2)c1. The molecule has 7 rings (SSSR count). The Hall–Kier alpha value is -3.40. The molecule has 65 heavy (non-hydrogen) atoms. The predicted molar refractivity (Wildman–Crippen MR) is 266 cm³/mol. The van der Waals surface area contributed by atoms with E-state index in [4.69, 9.17) is 8.37 Å². The number of thiol groups is 2. The summed E-state index contributed by atoms with van der Waals surface area (Å²) in [5.74, 6) is -0.853. The lowest BCUT2D eigenvalue weighted by atomic mass is 10.2. The molecule has 0 amide bonds. The van der Waals surface area contributed by atoms with E-state index in [1.165, 1.54) is 66.4 Å². The summed E-state index contributed by atoms with van der Waals surface area (Å²) in [6, 6.07) is 44.4. The van der Waals surface area contributed by atoms with Crippen LogP contribution in [0.4, 0.5) is 0 Å². The normalized spacial score (nSPS) is 13.1. The van der Waals surface area contributed by atoms with E-state index in [0.717, 1.165) is 60.2 Å². The summed E-state index contributed by atoms with van der Waals surface area (Å²) in [4.78, 5) is 7.10. The Morgan fingerprint density at radius 3 is 1.35 bits per heavy atom. The second-order valence-electron chi connectivity index (χ2n) is 13.8. The van der Waals surface area contributed by atoms with Gasteiger partial charge in [0, 0.05) is 64.9 Å². The molecule has 0 spiro atoms. The zero-order chi connectivity index (χ0) is 46.6. The van der Waals surface area contributed by atoms with E-state index >= 15 is 4.57 Å². The lowest BCUT2D eigenvalue weighted by Gasteiger charge is -2.23. The highest BCUT2D eigenvalue weighted by atomic mass is 32.2. The molecule has 0 radical (unpaired) electrons. The van der Waals surface area contributed by atoms with Crippen molar-refractivity contribution in [2.45, 2.75) is 64.5 Å². The second-order valence-corrected chi connectivity index (χ2v) is 27.0. The van der Waals surface area contributed by atoms with Gasteiger partial charge < -0.3 is 4.57 Å². The highest BCUT2D eigenvalue weighted by molar-refractivity contribution is 8.00.